The van der Waals surface area contributed by atoms with E-state index in [1.165, 1.54) is 12.1 Å². The van der Waals surface area contributed by atoms with Crippen molar-refractivity contribution in [1.29, 1.82) is 0 Å². The van der Waals surface area contributed by atoms with E-state index < -0.39 is 0 Å². The van der Waals surface area contributed by atoms with Gasteiger partial charge in [0.2, 0.25) is 0 Å². The number of unbranched alkanes of at least 4 members (excludes halogenated alkanes) is 2. The van der Waals surface area contributed by atoms with Crippen LogP contribution in [0.1, 0.15) is 26.2 Å². The molecule has 6 nitrogen and oxygen atoms in total. The fraction of sp³-hybridized carbons (Fsp3) is 0.650. The molecule has 1 fully saturated rings. The van der Waals surface area contributed by atoms with E-state index in [0.717, 1.165) is 70.4 Å². The van der Waals surface area contributed by atoms with E-state index in [1.807, 2.05) is 12.1 Å². The van der Waals surface area contributed by atoms with Gasteiger partial charge in [0.1, 0.15) is 5.75 Å². The molecule has 1 N–H and O–H groups in total. The third kappa shape index (κ3) is 6.41. The molecule has 1 saturated heterocycles. The van der Waals surface area contributed by atoms with E-state index in [4.69, 9.17) is 14.5 Å². The minimum atomic E-state index is 0.844. The van der Waals surface area contributed by atoms with Crippen molar-refractivity contribution >= 4 is 11.6 Å². The van der Waals surface area contributed by atoms with Gasteiger partial charge in [-0.15, -0.1) is 0 Å². The van der Waals surface area contributed by atoms with Gasteiger partial charge in [0.25, 0.3) is 0 Å². The Morgan fingerprint density at radius 3 is 2.38 bits per heavy atom. The summed E-state index contributed by atoms with van der Waals surface area (Å²) in [6.45, 7) is 8.74. The second-order valence-electron chi connectivity index (χ2n) is 6.46. The summed E-state index contributed by atoms with van der Waals surface area (Å²) in [5, 5.41) is 3.44. The van der Waals surface area contributed by atoms with Crippen LogP contribution in [0.5, 0.6) is 5.75 Å². The summed E-state index contributed by atoms with van der Waals surface area (Å²) in [7, 11) is 3.46. The van der Waals surface area contributed by atoms with Gasteiger partial charge in [-0.1, -0.05) is 0 Å². The minimum absolute atomic E-state index is 0.844. The maximum atomic E-state index is 5.24. The van der Waals surface area contributed by atoms with Gasteiger partial charge in [-0.25, -0.2) is 0 Å². The molecule has 0 aliphatic carbocycles. The summed E-state index contributed by atoms with van der Waals surface area (Å²) in [4.78, 5) is 9.61. The first-order valence-corrected chi connectivity index (χ1v) is 9.69. The van der Waals surface area contributed by atoms with E-state index >= 15 is 0 Å². The van der Waals surface area contributed by atoms with E-state index in [2.05, 4.69) is 34.2 Å². The first-order valence-electron chi connectivity index (χ1n) is 9.69. The summed E-state index contributed by atoms with van der Waals surface area (Å²) < 4.78 is 10.3. The maximum Gasteiger partial charge on any atom is 0.194 e. The number of nitrogens with one attached hydrogen (secondary N) is 1. The number of hydrogen-bond donors (Lipinski definition) is 1. The third-order valence-electron chi connectivity index (χ3n) is 4.62. The molecule has 1 aromatic rings. The second kappa shape index (κ2) is 11.6. The van der Waals surface area contributed by atoms with Crippen LogP contribution in [0.2, 0.25) is 0 Å². The monoisotopic (exact) mass is 362 g/mol. The average Bonchev–Trinajstić information content (AvgIpc) is 2.70. The fourth-order valence-corrected chi connectivity index (χ4v) is 3.12. The quantitative estimate of drug-likeness (QED) is 0.416. The van der Waals surface area contributed by atoms with Gasteiger partial charge >= 0.3 is 0 Å². The summed E-state index contributed by atoms with van der Waals surface area (Å²) in [6, 6.07) is 8.31. The summed E-state index contributed by atoms with van der Waals surface area (Å²) in [5.41, 5.74) is 1.26. The highest BCUT2D eigenvalue weighted by Crippen LogP contribution is 2.20. The van der Waals surface area contributed by atoms with Crippen molar-refractivity contribution in [2.45, 2.75) is 26.2 Å². The fourth-order valence-electron chi connectivity index (χ4n) is 3.12. The van der Waals surface area contributed by atoms with Crippen LogP contribution in [0.15, 0.2) is 29.3 Å². The van der Waals surface area contributed by atoms with Crippen LogP contribution in [-0.2, 0) is 4.74 Å². The molecule has 0 atom stereocenters. The van der Waals surface area contributed by atoms with Crippen molar-refractivity contribution < 1.29 is 9.47 Å². The largest absolute Gasteiger partial charge is 0.497 e. The van der Waals surface area contributed by atoms with Crippen LogP contribution < -0.4 is 15.0 Å². The molecule has 0 aromatic heterocycles. The topological polar surface area (TPSA) is 49.3 Å². The Morgan fingerprint density at radius 2 is 1.77 bits per heavy atom. The third-order valence-corrected chi connectivity index (χ3v) is 4.62. The molecular weight excluding hydrogens is 328 g/mol. The van der Waals surface area contributed by atoms with Crippen molar-refractivity contribution in [3.05, 3.63) is 24.3 Å². The zero-order valence-electron chi connectivity index (χ0n) is 16.5. The number of nitrogens with zero attached hydrogens (tertiary/aromatic N) is 3. The Labute approximate surface area is 158 Å². The van der Waals surface area contributed by atoms with E-state index in [0.29, 0.717) is 0 Å². The highest BCUT2D eigenvalue weighted by Gasteiger charge is 2.19. The summed E-state index contributed by atoms with van der Waals surface area (Å²) in [5.74, 6) is 1.95. The van der Waals surface area contributed by atoms with Gasteiger partial charge in [0, 0.05) is 58.7 Å². The van der Waals surface area contributed by atoms with Gasteiger partial charge in [-0.3, -0.25) is 4.99 Å². The number of methoxy groups -OCH3 is 2. The lowest BCUT2D eigenvalue weighted by molar-refractivity contribution is 0.192. The van der Waals surface area contributed by atoms with E-state index in [9.17, 15) is 0 Å². The van der Waals surface area contributed by atoms with E-state index in [-0.39, 0.29) is 0 Å². The van der Waals surface area contributed by atoms with Crippen LogP contribution >= 0.6 is 0 Å². The minimum Gasteiger partial charge on any atom is -0.497 e. The summed E-state index contributed by atoms with van der Waals surface area (Å²) in [6.07, 6.45) is 3.40. The Morgan fingerprint density at radius 1 is 1.04 bits per heavy atom. The number of anilines is 1. The van der Waals surface area contributed by atoms with Crippen molar-refractivity contribution in [3.63, 3.8) is 0 Å². The van der Waals surface area contributed by atoms with Crippen LogP contribution in [0.4, 0.5) is 5.69 Å². The molecule has 6 heteroatoms. The highest BCUT2D eigenvalue weighted by atomic mass is 16.5. The van der Waals surface area contributed by atoms with Gasteiger partial charge in [0.05, 0.1) is 7.11 Å². The molecule has 1 aliphatic heterocycles. The predicted octanol–water partition coefficient (Wildman–Crippen LogP) is 2.60. The number of piperazine rings is 1. The molecule has 0 bridgehead atoms. The number of hydrogen-bond acceptors (Lipinski definition) is 4. The standard InChI is InChI=1S/C20H34N4O2/c1-4-21-20(22-12-6-5-7-17-25-2)24-15-13-23(14-16-24)18-8-10-19(26-3)11-9-18/h8-11H,4-7,12-17H2,1-3H3,(H,21,22). The van der Waals surface area contributed by atoms with Crippen LogP contribution in [0, 0.1) is 0 Å². The lowest BCUT2D eigenvalue weighted by Crippen LogP contribution is -2.52. The molecule has 2 rings (SSSR count). The molecule has 0 amide bonds. The van der Waals surface area contributed by atoms with Crippen LogP contribution in [0.25, 0.3) is 0 Å². The first kappa shape index (κ1) is 20.4. The zero-order chi connectivity index (χ0) is 18.6. The Balaban J connectivity index is 1.82. The Hall–Kier alpha value is -1.95. The Kier molecular flexibility index (Phi) is 9.10. The molecule has 1 heterocycles. The summed E-state index contributed by atoms with van der Waals surface area (Å²) >= 11 is 0. The number of benzene rings is 1. The van der Waals surface area contributed by atoms with Crippen molar-refractivity contribution in [2.24, 2.45) is 4.99 Å². The number of guanidine groups is 1. The van der Waals surface area contributed by atoms with E-state index in [1.54, 1.807) is 14.2 Å². The molecule has 0 saturated carbocycles. The molecule has 146 valence electrons. The normalized spacial score (nSPS) is 15.3. The first-order chi connectivity index (χ1) is 12.8. The van der Waals surface area contributed by atoms with Crippen LogP contribution in [0.3, 0.4) is 0 Å². The number of ether oxygens (including phenoxy) is 2. The number of rotatable bonds is 9. The second-order valence-corrected chi connectivity index (χ2v) is 6.46. The molecule has 26 heavy (non-hydrogen) atoms. The molecule has 1 aromatic carbocycles. The van der Waals surface area contributed by atoms with Gasteiger partial charge < -0.3 is 24.6 Å². The predicted molar refractivity (Wildman–Crippen MR) is 108 cm³/mol. The zero-order valence-corrected chi connectivity index (χ0v) is 16.5. The lowest BCUT2D eigenvalue weighted by Gasteiger charge is -2.37. The van der Waals surface area contributed by atoms with Gasteiger partial charge in [-0.2, -0.15) is 0 Å². The molecule has 0 spiro atoms. The number of aliphatic imine (C=N–C) groups is 1. The highest BCUT2D eigenvalue weighted by molar-refractivity contribution is 5.80. The van der Waals surface area contributed by atoms with Crippen molar-refractivity contribution in [1.82, 2.24) is 10.2 Å². The molecular formula is C20H34N4O2. The lowest BCUT2D eigenvalue weighted by atomic mass is 10.2. The maximum absolute atomic E-state index is 5.24. The van der Waals surface area contributed by atoms with Gasteiger partial charge in [-0.05, 0) is 50.5 Å². The molecule has 1 aliphatic rings. The average molecular weight is 363 g/mol. The molecule has 0 radical (unpaired) electrons. The molecule has 0 unspecified atom stereocenters. The van der Waals surface area contributed by atoms with Crippen molar-refractivity contribution in [3.8, 4) is 5.75 Å². The smallest absolute Gasteiger partial charge is 0.194 e. The SMILES string of the molecule is CCNC(=NCCCCCOC)N1CCN(c2ccc(OC)cc2)CC1. The Bertz CT molecular complexity index is 525. The van der Waals surface area contributed by atoms with Crippen molar-refractivity contribution in [2.75, 3.05) is 65.0 Å². The van der Waals surface area contributed by atoms with Gasteiger partial charge in [0.15, 0.2) is 5.96 Å². The van der Waals surface area contributed by atoms with Crippen LogP contribution in [-0.4, -0.2) is 71.0 Å².